The second-order valence-corrected chi connectivity index (χ2v) is 4.76. The first-order valence-electron chi connectivity index (χ1n) is 6.51. The van der Waals surface area contributed by atoms with E-state index >= 15 is 0 Å². The number of aromatic hydroxyl groups is 1. The molecule has 1 amide bonds. The molecular formula is C15H20N4O2. The van der Waals surface area contributed by atoms with E-state index in [1.54, 1.807) is 26.1 Å². The predicted octanol–water partition coefficient (Wildman–Crippen LogP) is 2.16. The standard InChI is InChI=1S/C15H20N4O2/c1-6-12(7-16-9(2)3)10(4)19-15(21)13-14(20)11(5)17-8-18-13/h6-8,10,20H,1H2,2-5H3,(H,19,21)/b12-7+. The van der Waals surface area contributed by atoms with Gasteiger partial charge in [0.05, 0.1) is 11.7 Å². The molecule has 0 spiro atoms. The van der Waals surface area contributed by atoms with Gasteiger partial charge in [-0.05, 0) is 33.3 Å². The number of aryl methyl sites for hydroxylation is 1. The Hall–Kier alpha value is -2.50. The number of aromatic nitrogens is 2. The second-order valence-electron chi connectivity index (χ2n) is 4.76. The number of hydrogen-bond acceptors (Lipinski definition) is 5. The minimum atomic E-state index is -0.476. The van der Waals surface area contributed by atoms with E-state index in [-0.39, 0.29) is 17.5 Å². The van der Waals surface area contributed by atoms with Gasteiger partial charge in [-0.2, -0.15) is 0 Å². The van der Waals surface area contributed by atoms with Gasteiger partial charge in [0, 0.05) is 11.9 Å². The summed E-state index contributed by atoms with van der Waals surface area (Å²) in [7, 11) is 0. The number of aliphatic imine (C=N–C) groups is 1. The number of rotatable bonds is 5. The minimum absolute atomic E-state index is 0.0482. The molecule has 0 saturated carbocycles. The highest BCUT2D eigenvalue weighted by molar-refractivity contribution is 5.95. The minimum Gasteiger partial charge on any atom is -0.504 e. The largest absolute Gasteiger partial charge is 0.504 e. The number of nitrogens with one attached hydrogen (secondary N) is 1. The maximum absolute atomic E-state index is 12.1. The summed E-state index contributed by atoms with van der Waals surface area (Å²) in [6.07, 6.45) is 4.52. The Kier molecular flexibility index (Phi) is 5.78. The monoisotopic (exact) mass is 288 g/mol. The third-order valence-electron chi connectivity index (χ3n) is 2.78. The van der Waals surface area contributed by atoms with E-state index in [0.29, 0.717) is 5.69 Å². The fourth-order valence-electron chi connectivity index (χ4n) is 1.53. The summed E-state index contributed by atoms with van der Waals surface area (Å²) in [5, 5.41) is 12.6. The summed E-state index contributed by atoms with van der Waals surface area (Å²) in [5.74, 6) is -0.691. The average Bonchev–Trinajstić information content (AvgIpc) is 2.42. The summed E-state index contributed by atoms with van der Waals surface area (Å²) >= 11 is 0. The van der Waals surface area contributed by atoms with Gasteiger partial charge in [0.1, 0.15) is 6.33 Å². The smallest absolute Gasteiger partial charge is 0.274 e. The Morgan fingerprint density at radius 3 is 2.71 bits per heavy atom. The van der Waals surface area contributed by atoms with E-state index in [0.717, 1.165) is 11.3 Å². The number of carbonyl (C=O) groups excluding carboxylic acids is 1. The fraction of sp³-hybridized carbons (Fsp3) is 0.333. The summed E-state index contributed by atoms with van der Waals surface area (Å²) in [6, 6.07) is -0.312. The highest BCUT2D eigenvalue weighted by atomic mass is 16.3. The molecule has 0 aliphatic heterocycles. The molecule has 6 nitrogen and oxygen atoms in total. The lowest BCUT2D eigenvalue weighted by Gasteiger charge is -2.15. The lowest BCUT2D eigenvalue weighted by Crippen LogP contribution is -2.34. The third kappa shape index (κ3) is 4.52. The van der Waals surface area contributed by atoms with Crippen LogP contribution in [0.4, 0.5) is 0 Å². The van der Waals surface area contributed by atoms with Gasteiger partial charge in [0.2, 0.25) is 0 Å². The van der Waals surface area contributed by atoms with Crippen molar-refractivity contribution in [2.45, 2.75) is 33.7 Å². The topological polar surface area (TPSA) is 87.5 Å². The van der Waals surface area contributed by atoms with Gasteiger partial charge in [-0.3, -0.25) is 9.79 Å². The molecule has 0 aliphatic rings. The predicted molar refractivity (Wildman–Crippen MR) is 82.4 cm³/mol. The van der Waals surface area contributed by atoms with Gasteiger partial charge >= 0.3 is 0 Å². The molecule has 0 saturated heterocycles. The van der Waals surface area contributed by atoms with Crippen LogP contribution in [0.3, 0.4) is 0 Å². The van der Waals surface area contributed by atoms with Crippen molar-refractivity contribution in [3.05, 3.63) is 42.1 Å². The Bertz CT molecular complexity index is 602. The molecule has 2 N–H and O–H groups in total. The van der Waals surface area contributed by atoms with E-state index < -0.39 is 5.91 Å². The highest BCUT2D eigenvalue weighted by Gasteiger charge is 2.18. The van der Waals surface area contributed by atoms with Crippen LogP contribution < -0.4 is 5.32 Å². The molecule has 0 aromatic carbocycles. The average molecular weight is 288 g/mol. The van der Waals surface area contributed by atoms with Crippen molar-refractivity contribution in [3.63, 3.8) is 0 Å². The maximum atomic E-state index is 12.1. The van der Waals surface area contributed by atoms with E-state index in [1.807, 2.05) is 13.8 Å². The maximum Gasteiger partial charge on any atom is 0.274 e. The summed E-state index contributed by atoms with van der Waals surface area (Å²) in [5.41, 5.74) is 1.97. The van der Waals surface area contributed by atoms with Crippen LogP contribution >= 0.6 is 0 Å². The van der Waals surface area contributed by atoms with Crippen molar-refractivity contribution >= 4 is 11.6 Å². The summed E-state index contributed by atoms with van der Waals surface area (Å²) in [4.78, 5) is 23.9. The lowest BCUT2D eigenvalue weighted by atomic mass is 10.1. The molecule has 1 atom stereocenters. The van der Waals surface area contributed by atoms with Gasteiger partial charge in [-0.25, -0.2) is 9.97 Å². The van der Waals surface area contributed by atoms with E-state index in [2.05, 4.69) is 26.9 Å². The van der Waals surface area contributed by atoms with Crippen LogP contribution in [0.25, 0.3) is 0 Å². The molecule has 6 heteroatoms. The van der Waals surface area contributed by atoms with Gasteiger partial charge in [-0.1, -0.05) is 12.7 Å². The van der Waals surface area contributed by atoms with E-state index in [1.165, 1.54) is 6.33 Å². The third-order valence-corrected chi connectivity index (χ3v) is 2.78. The molecule has 1 rings (SSSR count). The molecule has 0 radical (unpaired) electrons. The number of nitrogens with zero attached hydrogens (tertiary/aromatic N) is 3. The number of hydrogen-bond donors (Lipinski definition) is 2. The lowest BCUT2D eigenvalue weighted by molar-refractivity contribution is 0.0937. The molecule has 0 fully saturated rings. The molecular weight excluding hydrogens is 268 g/mol. The summed E-state index contributed by atoms with van der Waals surface area (Å²) < 4.78 is 0. The van der Waals surface area contributed by atoms with Gasteiger partial charge in [0.25, 0.3) is 5.91 Å². The van der Waals surface area contributed by atoms with Crippen LogP contribution in [0, 0.1) is 6.92 Å². The Morgan fingerprint density at radius 2 is 2.14 bits per heavy atom. The molecule has 1 aromatic rings. The molecule has 0 aliphatic carbocycles. The van der Waals surface area contributed by atoms with Crippen molar-refractivity contribution in [3.8, 4) is 5.75 Å². The first-order chi connectivity index (χ1) is 9.86. The Balaban J connectivity index is 2.91. The zero-order chi connectivity index (χ0) is 16.0. The quantitative estimate of drug-likeness (QED) is 0.642. The molecule has 21 heavy (non-hydrogen) atoms. The Morgan fingerprint density at radius 1 is 1.48 bits per heavy atom. The van der Waals surface area contributed by atoms with E-state index in [9.17, 15) is 9.90 Å². The SMILES string of the molecule is C=C/C(=C\N=C(C)C)C(C)NC(=O)c1ncnc(C)c1O. The van der Waals surface area contributed by atoms with Crippen LogP contribution in [-0.2, 0) is 0 Å². The van der Waals surface area contributed by atoms with Gasteiger partial charge in [0.15, 0.2) is 11.4 Å². The van der Waals surface area contributed by atoms with Crippen LogP contribution in [-0.4, -0.2) is 32.7 Å². The van der Waals surface area contributed by atoms with E-state index in [4.69, 9.17) is 0 Å². The van der Waals surface area contributed by atoms with Crippen molar-refractivity contribution in [2.24, 2.45) is 4.99 Å². The zero-order valence-electron chi connectivity index (χ0n) is 12.7. The second kappa shape index (κ2) is 7.33. The molecule has 0 bridgehead atoms. The van der Waals surface area contributed by atoms with Crippen LogP contribution in [0.15, 0.2) is 35.7 Å². The molecule has 1 heterocycles. The van der Waals surface area contributed by atoms with Crippen molar-refractivity contribution in [2.75, 3.05) is 0 Å². The van der Waals surface area contributed by atoms with Crippen molar-refractivity contribution < 1.29 is 9.90 Å². The fourth-order valence-corrected chi connectivity index (χ4v) is 1.53. The highest BCUT2D eigenvalue weighted by Crippen LogP contribution is 2.17. The van der Waals surface area contributed by atoms with Crippen LogP contribution in [0.1, 0.15) is 37.0 Å². The van der Waals surface area contributed by atoms with Crippen molar-refractivity contribution in [1.82, 2.24) is 15.3 Å². The van der Waals surface area contributed by atoms with Crippen molar-refractivity contribution in [1.29, 1.82) is 0 Å². The molecule has 1 aromatic heterocycles. The van der Waals surface area contributed by atoms with Crippen LogP contribution in [0.5, 0.6) is 5.75 Å². The number of amides is 1. The van der Waals surface area contributed by atoms with Gasteiger partial charge < -0.3 is 10.4 Å². The van der Waals surface area contributed by atoms with Gasteiger partial charge in [-0.15, -0.1) is 0 Å². The zero-order valence-corrected chi connectivity index (χ0v) is 12.7. The first kappa shape index (κ1) is 16.6. The normalized spacial score (nSPS) is 12.5. The summed E-state index contributed by atoms with van der Waals surface area (Å²) in [6.45, 7) is 10.9. The first-order valence-corrected chi connectivity index (χ1v) is 6.51. The molecule has 1 unspecified atom stereocenters. The number of carbonyl (C=O) groups is 1. The Labute approximate surface area is 124 Å². The molecule has 112 valence electrons. The van der Waals surface area contributed by atoms with Crippen LogP contribution in [0.2, 0.25) is 0 Å².